The number of halogens is 2. The Labute approximate surface area is 230 Å². The second-order valence-corrected chi connectivity index (χ2v) is 11.7. The van der Waals surface area contributed by atoms with Crippen LogP contribution in [-0.2, 0) is 16.2 Å². The van der Waals surface area contributed by atoms with Crippen molar-refractivity contribution in [1.82, 2.24) is 4.98 Å². The molecule has 1 aromatic heterocycles. The van der Waals surface area contributed by atoms with E-state index in [-0.39, 0.29) is 23.3 Å². The lowest BCUT2D eigenvalue weighted by Gasteiger charge is -2.31. The van der Waals surface area contributed by atoms with Gasteiger partial charge in [0.25, 0.3) is 0 Å². The normalized spacial score (nSPS) is 20.6. The van der Waals surface area contributed by atoms with Crippen molar-refractivity contribution in [2.24, 2.45) is 5.92 Å². The van der Waals surface area contributed by atoms with Crippen molar-refractivity contribution < 1.29 is 14.3 Å². The molecule has 0 saturated carbocycles. The number of rotatable bonds is 5. The van der Waals surface area contributed by atoms with Gasteiger partial charge in [0.05, 0.1) is 16.6 Å². The molecule has 3 atom stereocenters. The van der Waals surface area contributed by atoms with Crippen molar-refractivity contribution in [2.45, 2.75) is 22.8 Å². The van der Waals surface area contributed by atoms with E-state index in [4.69, 9.17) is 27.9 Å². The van der Waals surface area contributed by atoms with E-state index in [0.29, 0.717) is 36.9 Å². The number of amides is 2. The van der Waals surface area contributed by atoms with Crippen LogP contribution >= 0.6 is 46.3 Å². The first kappa shape index (κ1) is 24.3. The lowest BCUT2D eigenvalue weighted by atomic mass is 9.82. The molecule has 0 spiro atoms. The lowest BCUT2D eigenvalue weighted by molar-refractivity contribution is -0.122. The molecule has 3 heterocycles. The largest absolute Gasteiger partial charge is 0.489 e. The summed E-state index contributed by atoms with van der Waals surface area (Å²) in [6.07, 6.45) is 0. The smallest absolute Gasteiger partial charge is 0.305 e. The first-order valence-corrected chi connectivity index (χ1v) is 13.8. The summed E-state index contributed by atoms with van der Waals surface area (Å²) in [6, 6.07) is 21.5. The number of imide groups is 1. The Morgan fingerprint density at radius 2 is 1.68 bits per heavy atom. The molecule has 186 valence electrons. The highest BCUT2D eigenvalue weighted by atomic mass is 35.5. The molecular weight excluding hydrogens is 551 g/mol. The quantitative estimate of drug-likeness (QED) is 0.293. The molecular formula is C27H18Cl2N2O4S2. The van der Waals surface area contributed by atoms with Crippen LogP contribution in [-0.4, -0.2) is 22.0 Å². The number of nitrogens with zero attached hydrogens (tertiary/aromatic N) is 1. The minimum Gasteiger partial charge on any atom is -0.489 e. The van der Waals surface area contributed by atoms with E-state index in [1.54, 1.807) is 48.5 Å². The van der Waals surface area contributed by atoms with Gasteiger partial charge in [0.15, 0.2) is 0 Å². The standard InChI is InChI=1S/C27H18Cl2N2O4S2/c28-15-6-4-5-14(11-15)13-35-19-10-9-16(29)12-18(19)20-21-23(36-24-22(20)37-27(34)30-24)26(33)31(25(21)32)17-7-2-1-3-8-17/h1-12,20-21,23H,13H2,(H,30,34)/t20-,21?,23?/m1/s1. The Bertz CT molecular complexity index is 1590. The molecule has 0 radical (unpaired) electrons. The third-order valence-corrected chi connectivity index (χ3v) is 9.30. The molecule has 0 bridgehead atoms. The first-order chi connectivity index (χ1) is 17.9. The third-order valence-electron chi connectivity index (χ3n) is 6.43. The molecule has 2 aliphatic rings. The van der Waals surface area contributed by atoms with Gasteiger partial charge in [0.2, 0.25) is 11.8 Å². The molecule has 1 N–H and O–H groups in total. The van der Waals surface area contributed by atoms with Gasteiger partial charge < -0.3 is 9.72 Å². The molecule has 2 amide bonds. The average molecular weight is 569 g/mol. The molecule has 4 aromatic rings. The molecule has 6 nitrogen and oxygen atoms in total. The molecule has 0 aliphatic carbocycles. The van der Waals surface area contributed by atoms with E-state index >= 15 is 0 Å². The maximum Gasteiger partial charge on any atom is 0.305 e. The van der Waals surface area contributed by atoms with Crippen LogP contribution in [0.15, 0.2) is 82.6 Å². The van der Waals surface area contributed by atoms with Gasteiger partial charge in [0.1, 0.15) is 17.6 Å². The molecule has 37 heavy (non-hydrogen) atoms. The summed E-state index contributed by atoms with van der Waals surface area (Å²) in [6.45, 7) is 0.240. The highest BCUT2D eigenvalue weighted by Gasteiger charge is 2.56. The number of carbonyl (C=O) groups is 2. The minimum atomic E-state index is -0.733. The van der Waals surface area contributed by atoms with Crippen molar-refractivity contribution in [3.8, 4) is 5.75 Å². The van der Waals surface area contributed by atoms with Gasteiger partial charge in [0, 0.05) is 26.4 Å². The number of aromatic amines is 1. The van der Waals surface area contributed by atoms with Gasteiger partial charge in [-0.3, -0.25) is 14.4 Å². The van der Waals surface area contributed by atoms with Gasteiger partial charge in [-0.05, 0) is 48.0 Å². The number of H-pyrrole nitrogens is 1. The Balaban J connectivity index is 1.45. The zero-order valence-corrected chi connectivity index (χ0v) is 22.2. The lowest BCUT2D eigenvalue weighted by Crippen LogP contribution is -2.32. The highest BCUT2D eigenvalue weighted by Crippen LogP contribution is 2.54. The number of thioether (sulfide) groups is 1. The Hall–Kier alpha value is -3.04. The van der Waals surface area contributed by atoms with Crippen molar-refractivity contribution in [2.75, 3.05) is 4.90 Å². The van der Waals surface area contributed by atoms with Crippen LogP contribution in [0.1, 0.15) is 21.9 Å². The Kier molecular flexibility index (Phi) is 6.36. The van der Waals surface area contributed by atoms with E-state index in [9.17, 15) is 14.4 Å². The second kappa shape index (κ2) is 9.68. The highest BCUT2D eigenvalue weighted by molar-refractivity contribution is 8.00. The number of ether oxygens (including phenoxy) is 1. The number of hydrogen-bond donors (Lipinski definition) is 1. The van der Waals surface area contributed by atoms with Crippen molar-refractivity contribution >= 4 is 63.8 Å². The summed E-state index contributed by atoms with van der Waals surface area (Å²) >= 11 is 14.8. The number of benzene rings is 3. The van der Waals surface area contributed by atoms with Crippen LogP contribution in [0.5, 0.6) is 5.75 Å². The van der Waals surface area contributed by atoms with Crippen LogP contribution in [0.25, 0.3) is 0 Å². The van der Waals surface area contributed by atoms with E-state index in [1.807, 2.05) is 24.3 Å². The van der Waals surface area contributed by atoms with Gasteiger partial charge >= 0.3 is 4.87 Å². The van der Waals surface area contributed by atoms with E-state index in [2.05, 4.69) is 4.98 Å². The summed E-state index contributed by atoms with van der Waals surface area (Å²) in [7, 11) is 0. The molecule has 10 heteroatoms. The SMILES string of the molecule is O=C1C2Sc3[nH]c(=O)sc3[C@H](c3cc(Cl)ccc3OCc3cccc(Cl)c3)C2C(=O)N1c1ccccc1. The van der Waals surface area contributed by atoms with Crippen LogP contribution in [0.4, 0.5) is 5.69 Å². The van der Waals surface area contributed by atoms with E-state index < -0.39 is 17.1 Å². The summed E-state index contributed by atoms with van der Waals surface area (Å²) < 4.78 is 6.21. The molecule has 6 rings (SSSR count). The van der Waals surface area contributed by atoms with Gasteiger partial charge in [-0.25, -0.2) is 4.90 Å². The number of carbonyl (C=O) groups excluding carboxylic acids is 2. The molecule has 3 aromatic carbocycles. The van der Waals surface area contributed by atoms with Crippen molar-refractivity contribution in [3.05, 3.63) is 109 Å². The van der Waals surface area contributed by atoms with Crippen LogP contribution < -0.4 is 14.5 Å². The van der Waals surface area contributed by atoms with Gasteiger partial charge in [-0.1, -0.05) is 76.6 Å². The minimum absolute atomic E-state index is 0.240. The number of anilines is 1. The molecule has 2 aliphatic heterocycles. The maximum absolute atomic E-state index is 13.9. The Morgan fingerprint density at radius 1 is 0.892 bits per heavy atom. The predicted octanol–water partition coefficient (Wildman–Crippen LogP) is 6.12. The summed E-state index contributed by atoms with van der Waals surface area (Å²) in [5.74, 6) is -1.43. The monoisotopic (exact) mass is 568 g/mol. The summed E-state index contributed by atoms with van der Waals surface area (Å²) in [5, 5.41) is 0.955. The number of thiazole rings is 1. The fraction of sp³-hybridized carbons (Fsp3) is 0.148. The first-order valence-electron chi connectivity index (χ1n) is 11.4. The topological polar surface area (TPSA) is 79.5 Å². The second-order valence-electron chi connectivity index (χ2n) is 8.70. The van der Waals surface area contributed by atoms with Crippen LogP contribution in [0, 0.1) is 5.92 Å². The summed E-state index contributed by atoms with van der Waals surface area (Å²) in [4.78, 5) is 44.4. The van der Waals surface area contributed by atoms with E-state index in [1.165, 1.54) is 16.7 Å². The Morgan fingerprint density at radius 3 is 2.46 bits per heavy atom. The number of aromatic nitrogens is 1. The van der Waals surface area contributed by atoms with Crippen molar-refractivity contribution in [1.29, 1.82) is 0 Å². The fourth-order valence-electron chi connectivity index (χ4n) is 4.87. The number of nitrogens with one attached hydrogen (secondary N) is 1. The number of hydrogen-bond acceptors (Lipinski definition) is 6. The van der Waals surface area contributed by atoms with Gasteiger partial charge in [-0.15, -0.1) is 0 Å². The van der Waals surface area contributed by atoms with Crippen molar-refractivity contribution in [3.63, 3.8) is 0 Å². The zero-order chi connectivity index (χ0) is 25.7. The number of fused-ring (bicyclic) bond motifs is 2. The number of para-hydroxylation sites is 1. The fourth-order valence-corrected chi connectivity index (χ4v) is 7.76. The molecule has 2 unspecified atom stereocenters. The van der Waals surface area contributed by atoms with Crippen LogP contribution in [0.2, 0.25) is 10.0 Å². The average Bonchev–Trinajstić information content (AvgIpc) is 3.38. The molecule has 1 saturated heterocycles. The van der Waals surface area contributed by atoms with Crippen LogP contribution in [0.3, 0.4) is 0 Å². The zero-order valence-electron chi connectivity index (χ0n) is 19.0. The van der Waals surface area contributed by atoms with E-state index in [0.717, 1.165) is 16.9 Å². The summed E-state index contributed by atoms with van der Waals surface area (Å²) in [5.41, 5.74) is 2.05. The molecule has 1 fully saturated rings. The predicted molar refractivity (Wildman–Crippen MR) is 146 cm³/mol. The maximum atomic E-state index is 13.9. The third kappa shape index (κ3) is 4.38. The van der Waals surface area contributed by atoms with Gasteiger partial charge in [-0.2, -0.15) is 0 Å².